The van der Waals surface area contributed by atoms with Gasteiger partial charge >= 0.3 is 0 Å². The summed E-state index contributed by atoms with van der Waals surface area (Å²) >= 11 is 0. The van der Waals surface area contributed by atoms with Crippen LogP contribution in [0.2, 0.25) is 0 Å². The Morgan fingerprint density at radius 1 is 1.26 bits per heavy atom. The SMILES string of the molecule is CCNC(=NCc1cccc(C)c1)NCCCOCC(C)C.I. The molecule has 5 heteroatoms. The lowest BCUT2D eigenvalue weighted by Crippen LogP contribution is -2.38. The Labute approximate surface area is 158 Å². The van der Waals surface area contributed by atoms with Crippen LogP contribution in [0.3, 0.4) is 0 Å². The van der Waals surface area contributed by atoms with Crippen molar-refractivity contribution >= 4 is 29.9 Å². The van der Waals surface area contributed by atoms with E-state index in [0.717, 1.165) is 38.7 Å². The number of guanidine groups is 1. The van der Waals surface area contributed by atoms with Crippen molar-refractivity contribution < 1.29 is 4.74 Å². The minimum absolute atomic E-state index is 0. The molecular formula is C18H32IN3O. The van der Waals surface area contributed by atoms with E-state index in [-0.39, 0.29) is 24.0 Å². The molecule has 0 aliphatic carbocycles. The number of hydrogen-bond donors (Lipinski definition) is 2. The first-order chi connectivity index (χ1) is 10.6. The third-order valence-electron chi connectivity index (χ3n) is 3.06. The molecule has 0 saturated carbocycles. The number of aliphatic imine (C=N–C) groups is 1. The molecule has 0 bridgehead atoms. The number of aryl methyl sites for hydroxylation is 1. The average Bonchev–Trinajstić information content (AvgIpc) is 2.48. The number of ether oxygens (including phenoxy) is 1. The molecule has 0 amide bonds. The molecule has 0 unspecified atom stereocenters. The van der Waals surface area contributed by atoms with Crippen LogP contribution in [0.5, 0.6) is 0 Å². The Kier molecular flexibility index (Phi) is 13.1. The molecule has 0 aliphatic heterocycles. The smallest absolute Gasteiger partial charge is 0.191 e. The summed E-state index contributed by atoms with van der Waals surface area (Å²) in [4.78, 5) is 4.62. The number of hydrogen-bond acceptors (Lipinski definition) is 2. The maximum atomic E-state index is 5.58. The summed E-state index contributed by atoms with van der Waals surface area (Å²) in [5, 5.41) is 6.63. The van der Waals surface area contributed by atoms with Crippen LogP contribution in [0, 0.1) is 12.8 Å². The van der Waals surface area contributed by atoms with Gasteiger partial charge in [-0.25, -0.2) is 4.99 Å². The van der Waals surface area contributed by atoms with E-state index in [4.69, 9.17) is 4.74 Å². The van der Waals surface area contributed by atoms with Crippen molar-refractivity contribution in [3.8, 4) is 0 Å². The molecule has 1 rings (SSSR count). The number of benzene rings is 1. The molecule has 0 radical (unpaired) electrons. The van der Waals surface area contributed by atoms with Gasteiger partial charge in [0.25, 0.3) is 0 Å². The Morgan fingerprint density at radius 3 is 2.70 bits per heavy atom. The zero-order valence-corrected chi connectivity index (χ0v) is 17.2. The second-order valence-corrected chi connectivity index (χ2v) is 5.93. The molecule has 0 aromatic heterocycles. The Hall–Kier alpha value is -0.820. The minimum Gasteiger partial charge on any atom is -0.381 e. The zero-order chi connectivity index (χ0) is 16.2. The molecular weight excluding hydrogens is 401 g/mol. The first kappa shape index (κ1) is 22.2. The first-order valence-corrected chi connectivity index (χ1v) is 8.27. The Balaban J connectivity index is 0.00000484. The van der Waals surface area contributed by atoms with Crippen molar-refractivity contribution in [1.82, 2.24) is 10.6 Å². The standard InChI is InChI=1S/C18H31N3O.HI/c1-5-19-18(20-10-7-11-22-14-15(2)3)21-13-17-9-6-8-16(4)12-17;/h6,8-9,12,15H,5,7,10-11,13-14H2,1-4H3,(H2,19,20,21);1H. The highest BCUT2D eigenvalue weighted by Crippen LogP contribution is 2.04. The molecule has 1 aromatic carbocycles. The molecule has 2 N–H and O–H groups in total. The summed E-state index contributed by atoms with van der Waals surface area (Å²) in [5.41, 5.74) is 2.51. The van der Waals surface area contributed by atoms with Crippen molar-refractivity contribution in [2.45, 2.75) is 40.7 Å². The predicted octanol–water partition coefficient (Wildman–Crippen LogP) is 3.73. The van der Waals surface area contributed by atoms with Gasteiger partial charge in [0.15, 0.2) is 5.96 Å². The normalized spacial score (nSPS) is 11.3. The lowest BCUT2D eigenvalue weighted by molar-refractivity contribution is 0.108. The van der Waals surface area contributed by atoms with Crippen LogP contribution in [0.15, 0.2) is 29.3 Å². The van der Waals surface area contributed by atoms with Crippen LogP contribution in [0.25, 0.3) is 0 Å². The Bertz CT molecular complexity index is 450. The quantitative estimate of drug-likeness (QED) is 0.270. The molecule has 0 heterocycles. The maximum absolute atomic E-state index is 5.58. The largest absolute Gasteiger partial charge is 0.381 e. The van der Waals surface area contributed by atoms with Crippen LogP contribution in [-0.2, 0) is 11.3 Å². The number of nitrogens with one attached hydrogen (secondary N) is 2. The van der Waals surface area contributed by atoms with Gasteiger partial charge in [0.1, 0.15) is 0 Å². The van der Waals surface area contributed by atoms with Crippen molar-refractivity contribution in [2.75, 3.05) is 26.3 Å². The summed E-state index contributed by atoms with van der Waals surface area (Å²) in [7, 11) is 0. The zero-order valence-electron chi connectivity index (χ0n) is 14.9. The summed E-state index contributed by atoms with van der Waals surface area (Å²) in [5.74, 6) is 1.47. The van der Waals surface area contributed by atoms with Gasteiger partial charge < -0.3 is 15.4 Å². The summed E-state index contributed by atoms with van der Waals surface area (Å²) in [6.45, 7) is 12.6. The number of rotatable bonds is 9. The van der Waals surface area contributed by atoms with Crippen molar-refractivity contribution in [3.05, 3.63) is 35.4 Å². The van der Waals surface area contributed by atoms with E-state index in [1.54, 1.807) is 0 Å². The predicted molar refractivity (Wildman–Crippen MR) is 110 cm³/mol. The van der Waals surface area contributed by atoms with Crippen molar-refractivity contribution in [2.24, 2.45) is 10.9 Å². The topological polar surface area (TPSA) is 45.7 Å². The van der Waals surface area contributed by atoms with E-state index >= 15 is 0 Å². The van der Waals surface area contributed by atoms with Gasteiger partial charge in [-0.3, -0.25) is 0 Å². The molecule has 0 atom stereocenters. The monoisotopic (exact) mass is 433 g/mol. The highest BCUT2D eigenvalue weighted by Gasteiger charge is 1.98. The van der Waals surface area contributed by atoms with E-state index in [1.165, 1.54) is 11.1 Å². The molecule has 0 saturated heterocycles. The van der Waals surface area contributed by atoms with Gasteiger partial charge in [-0.05, 0) is 31.7 Å². The van der Waals surface area contributed by atoms with Gasteiger partial charge in [-0.1, -0.05) is 43.7 Å². The first-order valence-electron chi connectivity index (χ1n) is 8.27. The van der Waals surface area contributed by atoms with Gasteiger partial charge in [0, 0.05) is 26.3 Å². The van der Waals surface area contributed by atoms with Crippen LogP contribution in [-0.4, -0.2) is 32.3 Å². The van der Waals surface area contributed by atoms with Gasteiger partial charge in [-0.2, -0.15) is 0 Å². The second kappa shape index (κ2) is 13.6. The summed E-state index contributed by atoms with van der Waals surface area (Å²) in [6, 6.07) is 8.47. The molecule has 0 spiro atoms. The van der Waals surface area contributed by atoms with E-state index in [9.17, 15) is 0 Å². The van der Waals surface area contributed by atoms with Crippen molar-refractivity contribution in [1.29, 1.82) is 0 Å². The highest BCUT2D eigenvalue weighted by atomic mass is 127. The maximum Gasteiger partial charge on any atom is 0.191 e. The Morgan fingerprint density at radius 2 is 2.04 bits per heavy atom. The van der Waals surface area contributed by atoms with Crippen molar-refractivity contribution in [3.63, 3.8) is 0 Å². The summed E-state index contributed by atoms with van der Waals surface area (Å²) < 4.78 is 5.58. The van der Waals surface area contributed by atoms with Crippen LogP contribution >= 0.6 is 24.0 Å². The lowest BCUT2D eigenvalue weighted by Gasteiger charge is -2.12. The van der Waals surface area contributed by atoms with E-state index in [2.05, 4.69) is 67.6 Å². The van der Waals surface area contributed by atoms with Crippen LogP contribution < -0.4 is 10.6 Å². The molecule has 0 aliphatic rings. The number of halogens is 1. The third-order valence-corrected chi connectivity index (χ3v) is 3.06. The highest BCUT2D eigenvalue weighted by molar-refractivity contribution is 14.0. The minimum atomic E-state index is 0. The molecule has 0 fully saturated rings. The molecule has 132 valence electrons. The molecule has 4 nitrogen and oxygen atoms in total. The average molecular weight is 433 g/mol. The van der Waals surface area contributed by atoms with E-state index in [1.807, 2.05) is 0 Å². The number of nitrogens with zero attached hydrogens (tertiary/aromatic N) is 1. The fourth-order valence-electron chi connectivity index (χ4n) is 2.02. The fraction of sp³-hybridized carbons (Fsp3) is 0.611. The molecule has 1 aromatic rings. The van der Waals surface area contributed by atoms with Crippen LogP contribution in [0.1, 0.15) is 38.3 Å². The van der Waals surface area contributed by atoms with Gasteiger partial charge in [0.05, 0.1) is 6.54 Å². The van der Waals surface area contributed by atoms with Gasteiger partial charge in [0.2, 0.25) is 0 Å². The summed E-state index contributed by atoms with van der Waals surface area (Å²) in [6.07, 6.45) is 0.988. The van der Waals surface area contributed by atoms with Gasteiger partial charge in [-0.15, -0.1) is 24.0 Å². The van der Waals surface area contributed by atoms with E-state index in [0.29, 0.717) is 12.5 Å². The fourth-order valence-corrected chi connectivity index (χ4v) is 2.02. The molecule has 23 heavy (non-hydrogen) atoms. The third kappa shape index (κ3) is 11.4. The van der Waals surface area contributed by atoms with E-state index < -0.39 is 0 Å². The lowest BCUT2D eigenvalue weighted by atomic mass is 10.1. The second-order valence-electron chi connectivity index (χ2n) is 5.93. The van der Waals surface area contributed by atoms with Crippen LogP contribution in [0.4, 0.5) is 0 Å².